The summed E-state index contributed by atoms with van der Waals surface area (Å²) >= 11 is 0. The molecule has 0 spiro atoms. The Hall–Kier alpha value is -1.47. The van der Waals surface area contributed by atoms with E-state index in [1.54, 1.807) is 11.9 Å². The number of aromatic nitrogens is 2. The second kappa shape index (κ2) is 7.40. The van der Waals surface area contributed by atoms with Crippen molar-refractivity contribution in [2.75, 3.05) is 13.7 Å². The SMILES string of the molecule is CCOC(C)c1noc(CN(C)C(=O)C2CCCCC2(C)N)n1. The third kappa shape index (κ3) is 4.29. The van der Waals surface area contributed by atoms with E-state index in [0.717, 1.165) is 25.7 Å². The summed E-state index contributed by atoms with van der Waals surface area (Å²) < 4.78 is 10.7. The molecule has 0 saturated heterocycles. The van der Waals surface area contributed by atoms with E-state index in [9.17, 15) is 4.79 Å². The molecule has 23 heavy (non-hydrogen) atoms. The number of ether oxygens (including phenoxy) is 1. The van der Waals surface area contributed by atoms with Crippen LogP contribution in [0, 0.1) is 5.92 Å². The molecule has 1 heterocycles. The van der Waals surface area contributed by atoms with Gasteiger partial charge in [-0.2, -0.15) is 4.98 Å². The predicted octanol–water partition coefficient (Wildman–Crippen LogP) is 2.03. The molecule has 7 nitrogen and oxygen atoms in total. The fourth-order valence-corrected chi connectivity index (χ4v) is 3.13. The monoisotopic (exact) mass is 324 g/mol. The van der Waals surface area contributed by atoms with Crippen LogP contribution in [0.5, 0.6) is 0 Å². The van der Waals surface area contributed by atoms with Crippen LogP contribution in [0.25, 0.3) is 0 Å². The largest absolute Gasteiger partial charge is 0.371 e. The molecule has 1 aromatic heterocycles. The fraction of sp³-hybridized carbons (Fsp3) is 0.812. The molecule has 0 radical (unpaired) electrons. The third-order valence-corrected chi connectivity index (χ3v) is 4.57. The van der Waals surface area contributed by atoms with Crippen LogP contribution >= 0.6 is 0 Å². The summed E-state index contributed by atoms with van der Waals surface area (Å²) in [7, 11) is 1.75. The number of carbonyl (C=O) groups excluding carboxylic acids is 1. The van der Waals surface area contributed by atoms with Gasteiger partial charge in [0.15, 0.2) is 5.82 Å². The van der Waals surface area contributed by atoms with Crippen molar-refractivity contribution in [3.63, 3.8) is 0 Å². The van der Waals surface area contributed by atoms with Gasteiger partial charge in [-0.15, -0.1) is 0 Å². The molecule has 0 bridgehead atoms. The maximum atomic E-state index is 12.7. The summed E-state index contributed by atoms with van der Waals surface area (Å²) in [6.45, 7) is 6.63. The minimum atomic E-state index is -0.437. The number of hydrogen-bond acceptors (Lipinski definition) is 6. The van der Waals surface area contributed by atoms with Crippen LogP contribution in [0.3, 0.4) is 0 Å². The van der Waals surface area contributed by atoms with Crippen molar-refractivity contribution in [2.45, 2.75) is 64.6 Å². The third-order valence-electron chi connectivity index (χ3n) is 4.57. The first-order valence-electron chi connectivity index (χ1n) is 8.33. The Bertz CT molecular complexity index is 529. The first-order chi connectivity index (χ1) is 10.8. The summed E-state index contributed by atoms with van der Waals surface area (Å²) in [6, 6.07) is 0. The van der Waals surface area contributed by atoms with Crippen LogP contribution < -0.4 is 5.73 Å². The van der Waals surface area contributed by atoms with Gasteiger partial charge in [0.25, 0.3) is 0 Å². The average Bonchev–Trinajstić information content (AvgIpc) is 2.95. The molecule has 7 heteroatoms. The number of nitrogens with two attached hydrogens (primary N) is 1. The van der Waals surface area contributed by atoms with Gasteiger partial charge in [0.05, 0.1) is 12.5 Å². The zero-order valence-electron chi connectivity index (χ0n) is 14.5. The van der Waals surface area contributed by atoms with E-state index < -0.39 is 5.54 Å². The fourth-order valence-electron chi connectivity index (χ4n) is 3.13. The van der Waals surface area contributed by atoms with Crippen LogP contribution in [0.1, 0.15) is 64.3 Å². The molecule has 0 aliphatic heterocycles. The number of rotatable bonds is 6. The lowest BCUT2D eigenvalue weighted by molar-refractivity contribution is -0.138. The minimum absolute atomic E-state index is 0.0484. The Morgan fingerprint density at radius 1 is 1.57 bits per heavy atom. The summed E-state index contributed by atoms with van der Waals surface area (Å²) in [5.74, 6) is 0.819. The smallest absolute Gasteiger partial charge is 0.246 e. The molecule has 1 aliphatic rings. The van der Waals surface area contributed by atoms with Crippen LogP contribution in [0.15, 0.2) is 4.52 Å². The van der Waals surface area contributed by atoms with E-state index in [-0.39, 0.29) is 24.5 Å². The highest BCUT2D eigenvalue weighted by atomic mass is 16.5. The molecule has 1 saturated carbocycles. The molecule has 3 unspecified atom stereocenters. The Morgan fingerprint density at radius 2 is 2.30 bits per heavy atom. The summed E-state index contributed by atoms with van der Waals surface area (Å²) in [6.07, 6.45) is 3.64. The van der Waals surface area contributed by atoms with Crippen LogP contribution in [0.2, 0.25) is 0 Å². The second-order valence-corrected chi connectivity index (χ2v) is 6.64. The molecule has 1 aliphatic carbocycles. The maximum Gasteiger partial charge on any atom is 0.246 e. The van der Waals surface area contributed by atoms with E-state index in [4.69, 9.17) is 15.0 Å². The highest BCUT2D eigenvalue weighted by Crippen LogP contribution is 2.33. The number of hydrogen-bond donors (Lipinski definition) is 1. The zero-order chi connectivity index (χ0) is 17.0. The van der Waals surface area contributed by atoms with Gasteiger partial charge in [-0.1, -0.05) is 18.0 Å². The highest BCUT2D eigenvalue weighted by molar-refractivity contribution is 5.80. The molecule has 1 aromatic rings. The summed E-state index contributed by atoms with van der Waals surface area (Å²) in [4.78, 5) is 18.6. The van der Waals surface area contributed by atoms with E-state index >= 15 is 0 Å². The van der Waals surface area contributed by atoms with Gasteiger partial charge in [0.1, 0.15) is 6.10 Å². The molecule has 2 N–H and O–H groups in total. The van der Waals surface area contributed by atoms with Crippen molar-refractivity contribution >= 4 is 5.91 Å². The Kier molecular flexibility index (Phi) is 5.75. The molecule has 130 valence electrons. The van der Waals surface area contributed by atoms with Crippen LogP contribution in [-0.4, -0.2) is 40.1 Å². The van der Waals surface area contributed by atoms with Crippen molar-refractivity contribution < 1.29 is 14.1 Å². The number of carbonyl (C=O) groups is 1. The quantitative estimate of drug-likeness (QED) is 0.860. The zero-order valence-corrected chi connectivity index (χ0v) is 14.5. The maximum absolute atomic E-state index is 12.7. The molecule has 1 amide bonds. The average molecular weight is 324 g/mol. The first-order valence-corrected chi connectivity index (χ1v) is 8.33. The van der Waals surface area contributed by atoms with Gasteiger partial charge in [-0.05, 0) is 33.6 Å². The summed E-state index contributed by atoms with van der Waals surface area (Å²) in [5, 5.41) is 3.91. The van der Waals surface area contributed by atoms with Crippen molar-refractivity contribution in [1.29, 1.82) is 0 Å². The second-order valence-electron chi connectivity index (χ2n) is 6.64. The van der Waals surface area contributed by atoms with Gasteiger partial charge >= 0.3 is 0 Å². The van der Waals surface area contributed by atoms with E-state index in [0.29, 0.717) is 18.3 Å². The number of nitrogens with zero attached hydrogens (tertiary/aromatic N) is 3. The number of amides is 1. The van der Waals surface area contributed by atoms with E-state index in [2.05, 4.69) is 10.1 Å². The van der Waals surface area contributed by atoms with E-state index in [1.807, 2.05) is 20.8 Å². The van der Waals surface area contributed by atoms with Crippen molar-refractivity contribution in [3.05, 3.63) is 11.7 Å². The molecular weight excluding hydrogens is 296 g/mol. The highest BCUT2D eigenvalue weighted by Gasteiger charge is 2.39. The van der Waals surface area contributed by atoms with Gasteiger partial charge in [0, 0.05) is 19.2 Å². The van der Waals surface area contributed by atoms with Crippen molar-refractivity contribution in [2.24, 2.45) is 11.7 Å². The molecular formula is C16H28N4O3. The lowest BCUT2D eigenvalue weighted by Crippen LogP contribution is -2.53. The first kappa shape index (κ1) is 17.9. The lowest BCUT2D eigenvalue weighted by Gasteiger charge is -2.38. The molecule has 0 aromatic carbocycles. The topological polar surface area (TPSA) is 94.5 Å². The molecule has 3 atom stereocenters. The lowest BCUT2D eigenvalue weighted by atomic mass is 9.74. The van der Waals surface area contributed by atoms with Crippen molar-refractivity contribution in [1.82, 2.24) is 15.0 Å². The summed E-state index contributed by atoms with van der Waals surface area (Å²) in [5.41, 5.74) is 5.88. The van der Waals surface area contributed by atoms with Gasteiger partial charge in [0.2, 0.25) is 11.8 Å². The normalized spacial score (nSPS) is 26.0. The van der Waals surface area contributed by atoms with Crippen LogP contribution in [0.4, 0.5) is 0 Å². The van der Waals surface area contributed by atoms with Gasteiger partial charge in [-0.25, -0.2) is 0 Å². The standard InChI is InChI=1S/C16H28N4O3/c1-5-22-11(2)14-18-13(23-19-14)10-20(4)15(21)12-8-6-7-9-16(12,3)17/h11-12H,5-10,17H2,1-4H3. The van der Waals surface area contributed by atoms with Crippen molar-refractivity contribution in [3.8, 4) is 0 Å². The van der Waals surface area contributed by atoms with E-state index in [1.165, 1.54) is 0 Å². The minimum Gasteiger partial charge on any atom is -0.371 e. The molecule has 2 rings (SSSR count). The predicted molar refractivity (Wildman–Crippen MR) is 85.4 cm³/mol. The van der Waals surface area contributed by atoms with Gasteiger partial charge in [-0.3, -0.25) is 4.79 Å². The Labute approximate surface area is 137 Å². The molecule has 1 fully saturated rings. The Morgan fingerprint density at radius 3 is 2.96 bits per heavy atom. The Balaban J connectivity index is 1.98. The van der Waals surface area contributed by atoms with Gasteiger partial charge < -0.3 is 19.9 Å². The van der Waals surface area contributed by atoms with Crippen LogP contribution in [-0.2, 0) is 16.1 Å².